The lowest BCUT2D eigenvalue weighted by atomic mass is 10.1. The van der Waals surface area contributed by atoms with E-state index in [0.29, 0.717) is 23.1 Å². The highest BCUT2D eigenvalue weighted by atomic mass is 79.9. The lowest BCUT2D eigenvalue weighted by molar-refractivity contribution is -0.140. The molecule has 1 heterocycles. The number of halogens is 6. The van der Waals surface area contributed by atoms with Crippen molar-refractivity contribution in [3.8, 4) is 11.3 Å². The third-order valence-electron chi connectivity index (χ3n) is 3.42. The molecule has 2 aromatic carbocycles. The van der Waals surface area contributed by atoms with Crippen molar-refractivity contribution in [3.63, 3.8) is 0 Å². The van der Waals surface area contributed by atoms with E-state index in [2.05, 4.69) is 31.4 Å². The van der Waals surface area contributed by atoms with Crippen molar-refractivity contribution in [3.05, 3.63) is 69.0 Å². The van der Waals surface area contributed by atoms with Crippen LogP contribution in [0, 0.1) is 11.6 Å². The van der Waals surface area contributed by atoms with Crippen molar-refractivity contribution >= 4 is 38.6 Å². The first-order chi connectivity index (χ1) is 12.8. The summed E-state index contributed by atoms with van der Waals surface area (Å²) in [7, 11) is 0. The molecule has 1 aromatic heterocycles. The standard InChI is InChI=1S/C17H9BrF5N3S/c18-12-6-11(17(21,22)23)14(19)10(15(12)20)7-24-26-16-25-13(8-27-16)9-4-2-1-3-5-9/h1-8H,(H,25,26). The van der Waals surface area contributed by atoms with Crippen LogP contribution in [0.15, 0.2) is 51.4 Å². The largest absolute Gasteiger partial charge is 0.419 e. The summed E-state index contributed by atoms with van der Waals surface area (Å²) in [6, 6.07) is 9.60. The van der Waals surface area contributed by atoms with Gasteiger partial charge in [0.15, 0.2) is 0 Å². The van der Waals surface area contributed by atoms with Gasteiger partial charge < -0.3 is 0 Å². The Morgan fingerprint density at radius 1 is 1.11 bits per heavy atom. The average Bonchev–Trinajstić information content (AvgIpc) is 3.10. The third-order valence-corrected chi connectivity index (χ3v) is 4.75. The van der Waals surface area contributed by atoms with Crippen molar-refractivity contribution in [2.24, 2.45) is 5.10 Å². The first-order valence-corrected chi connectivity index (χ1v) is 8.99. The number of rotatable bonds is 4. The lowest BCUT2D eigenvalue weighted by Crippen LogP contribution is -2.12. The zero-order valence-corrected chi connectivity index (χ0v) is 15.6. The van der Waals surface area contributed by atoms with Crippen LogP contribution in [0.25, 0.3) is 11.3 Å². The predicted molar refractivity (Wildman–Crippen MR) is 97.8 cm³/mol. The van der Waals surface area contributed by atoms with Gasteiger partial charge in [-0.05, 0) is 22.0 Å². The molecule has 0 saturated heterocycles. The molecule has 10 heteroatoms. The molecule has 0 aliphatic heterocycles. The normalized spacial score (nSPS) is 11.9. The van der Waals surface area contributed by atoms with Crippen LogP contribution in [0.3, 0.4) is 0 Å². The fraction of sp³-hybridized carbons (Fsp3) is 0.0588. The van der Waals surface area contributed by atoms with Crippen LogP contribution in [0.1, 0.15) is 11.1 Å². The number of aromatic nitrogens is 1. The molecule has 0 aliphatic rings. The second kappa shape index (κ2) is 7.73. The highest BCUT2D eigenvalue weighted by molar-refractivity contribution is 9.10. The van der Waals surface area contributed by atoms with Crippen molar-refractivity contribution in [2.45, 2.75) is 6.18 Å². The van der Waals surface area contributed by atoms with E-state index in [1.54, 1.807) is 5.38 Å². The van der Waals surface area contributed by atoms with E-state index in [-0.39, 0.29) is 0 Å². The zero-order valence-electron chi connectivity index (χ0n) is 13.2. The molecule has 0 aliphatic carbocycles. The van der Waals surface area contributed by atoms with Gasteiger partial charge in [0.2, 0.25) is 5.13 Å². The van der Waals surface area contributed by atoms with Crippen molar-refractivity contribution < 1.29 is 22.0 Å². The van der Waals surface area contributed by atoms with E-state index in [1.165, 1.54) is 11.3 Å². The minimum atomic E-state index is -4.96. The Morgan fingerprint density at radius 3 is 2.48 bits per heavy atom. The number of hydrogen-bond acceptors (Lipinski definition) is 4. The fourth-order valence-electron chi connectivity index (χ4n) is 2.16. The molecule has 0 saturated carbocycles. The maximum atomic E-state index is 14.0. The Morgan fingerprint density at radius 2 is 1.81 bits per heavy atom. The predicted octanol–water partition coefficient (Wildman–Crippen LogP) is 6.32. The molecule has 3 aromatic rings. The smallest absolute Gasteiger partial charge is 0.253 e. The first kappa shape index (κ1) is 19.4. The van der Waals surface area contributed by atoms with Crippen molar-refractivity contribution in [2.75, 3.05) is 5.43 Å². The van der Waals surface area contributed by atoms with E-state index in [1.807, 2.05) is 30.3 Å². The average molecular weight is 462 g/mol. The summed E-state index contributed by atoms with van der Waals surface area (Å²) < 4.78 is 66.0. The van der Waals surface area contributed by atoms with Crippen LogP contribution < -0.4 is 5.43 Å². The Balaban J connectivity index is 1.83. The molecule has 1 N–H and O–H groups in total. The topological polar surface area (TPSA) is 37.3 Å². The van der Waals surface area contributed by atoms with Crippen LogP contribution in [0.4, 0.5) is 27.1 Å². The third kappa shape index (κ3) is 4.33. The van der Waals surface area contributed by atoms with E-state index in [9.17, 15) is 22.0 Å². The molecule has 140 valence electrons. The van der Waals surface area contributed by atoms with Gasteiger partial charge in [0.25, 0.3) is 0 Å². The highest BCUT2D eigenvalue weighted by Crippen LogP contribution is 2.36. The summed E-state index contributed by atoms with van der Waals surface area (Å²) in [5.74, 6) is -2.92. The second-order valence-electron chi connectivity index (χ2n) is 5.22. The fourth-order valence-corrected chi connectivity index (χ4v) is 3.27. The zero-order chi connectivity index (χ0) is 19.6. The van der Waals surface area contributed by atoms with Gasteiger partial charge >= 0.3 is 6.18 Å². The summed E-state index contributed by atoms with van der Waals surface area (Å²) in [6.45, 7) is 0. The molecule has 3 nitrogen and oxygen atoms in total. The van der Waals surface area contributed by atoms with Gasteiger partial charge in [-0.15, -0.1) is 11.3 Å². The Hall–Kier alpha value is -2.33. The molecule has 0 radical (unpaired) electrons. The number of benzene rings is 2. The highest BCUT2D eigenvalue weighted by Gasteiger charge is 2.36. The van der Waals surface area contributed by atoms with Gasteiger partial charge in [0, 0.05) is 10.9 Å². The number of nitrogens with zero attached hydrogens (tertiary/aromatic N) is 2. The summed E-state index contributed by atoms with van der Waals surface area (Å²) in [6.07, 6.45) is -4.32. The van der Waals surface area contributed by atoms with Crippen LogP contribution in [-0.2, 0) is 6.18 Å². The van der Waals surface area contributed by atoms with Crippen molar-refractivity contribution in [1.29, 1.82) is 0 Å². The van der Waals surface area contributed by atoms with Gasteiger partial charge in [-0.2, -0.15) is 18.3 Å². The van der Waals surface area contributed by atoms with Crippen LogP contribution in [-0.4, -0.2) is 11.2 Å². The van der Waals surface area contributed by atoms with E-state index >= 15 is 0 Å². The van der Waals surface area contributed by atoms with Crippen LogP contribution >= 0.6 is 27.3 Å². The maximum absolute atomic E-state index is 14.0. The summed E-state index contributed by atoms with van der Waals surface area (Å²) in [4.78, 5) is 4.25. The minimum Gasteiger partial charge on any atom is -0.253 e. The quantitative estimate of drug-likeness (QED) is 0.213. The number of anilines is 1. The molecule has 0 spiro atoms. The molecule has 27 heavy (non-hydrogen) atoms. The van der Waals surface area contributed by atoms with Gasteiger partial charge in [0.1, 0.15) is 11.6 Å². The van der Waals surface area contributed by atoms with Gasteiger partial charge in [0.05, 0.1) is 27.5 Å². The number of nitrogens with one attached hydrogen (secondary N) is 1. The number of hydrazone groups is 1. The van der Waals surface area contributed by atoms with E-state index in [0.717, 1.165) is 5.56 Å². The molecule has 0 fully saturated rings. The molecular formula is C17H9BrF5N3S. The first-order valence-electron chi connectivity index (χ1n) is 7.32. The molecular weight excluding hydrogens is 453 g/mol. The molecule has 3 rings (SSSR count). The molecule has 0 bridgehead atoms. The maximum Gasteiger partial charge on any atom is 0.419 e. The number of hydrogen-bond donors (Lipinski definition) is 1. The second-order valence-corrected chi connectivity index (χ2v) is 6.93. The van der Waals surface area contributed by atoms with Gasteiger partial charge in [-0.1, -0.05) is 30.3 Å². The SMILES string of the molecule is Fc1c(Br)cc(C(F)(F)F)c(F)c1C=NNc1nc(-c2ccccc2)cs1. The number of thiazole rings is 1. The summed E-state index contributed by atoms with van der Waals surface area (Å²) >= 11 is 3.84. The van der Waals surface area contributed by atoms with Crippen molar-refractivity contribution in [1.82, 2.24) is 4.98 Å². The Bertz CT molecular complexity index is 986. The number of alkyl halides is 3. The lowest BCUT2D eigenvalue weighted by Gasteiger charge is -2.11. The van der Waals surface area contributed by atoms with Gasteiger partial charge in [-0.3, -0.25) is 5.43 Å². The van der Waals surface area contributed by atoms with Crippen LogP contribution in [0.5, 0.6) is 0 Å². The van der Waals surface area contributed by atoms with Crippen LogP contribution in [0.2, 0.25) is 0 Å². The summed E-state index contributed by atoms with van der Waals surface area (Å²) in [5, 5.41) is 5.67. The summed E-state index contributed by atoms with van der Waals surface area (Å²) in [5.41, 5.74) is 1.49. The van der Waals surface area contributed by atoms with E-state index < -0.39 is 33.4 Å². The Kier molecular flexibility index (Phi) is 5.56. The van der Waals surface area contributed by atoms with E-state index in [4.69, 9.17) is 0 Å². The molecule has 0 amide bonds. The molecule has 0 unspecified atom stereocenters. The van der Waals surface area contributed by atoms with Gasteiger partial charge in [-0.25, -0.2) is 13.8 Å². The monoisotopic (exact) mass is 461 g/mol. The Labute approximate surface area is 162 Å². The molecule has 0 atom stereocenters. The minimum absolute atomic E-state index is 0.317.